The minimum atomic E-state index is 0.778. The average molecular weight is 280 g/mol. The lowest BCUT2D eigenvalue weighted by molar-refractivity contribution is 1.37. The molecule has 2 N–H and O–H groups in total. The van der Waals surface area contributed by atoms with Crippen LogP contribution >= 0.6 is 11.3 Å². The number of aryl methyl sites for hydroxylation is 2. The fourth-order valence-electron chi connectivity index (χ4n) is 2.12. The Labute approximate surface area is 122 Å². The normalized spacial score (nSPS) is 10.7. The van der Waals surface area contributed by atoms with Crippen LogP contribution < -0.4 is 5.73 Å². The summed E-state index contributed by atoms with van der Waals surface area (Å²) in [6, 6.07) is 16.4. The Balaban J connectivity index is 2.02. The Kier molecular flexibility index (Phi) is 3.28. The van der Waals surface area contributed by atoms with Crippen molar-refractivity contribution >= 4 is 17.0 Å². The van der Waals surface area contributed by atoms with E-state index in [1.807, 2.05) is 24.3 Å². The molecule has 0 spiro atoms. The number of aromatic nitrogens is 1. The van der Waals surface area contributed by atoms with Gasteiger partial charge in [0.2, 0.25) is 0 Å². The highest BCUT2D eigenvalue weighted by atomic mass is 32.1. The van der Waals surface area contributed by atoms with Crippen LogP contribution in [0.15, 0.2) is 48.5 Å². The lowest BCUT2D eigenvalue weighted by atomic mass is 10.1. The largest absolute Gasteiger partial charge is 0.399 e. The third-order valence-corrected chi connectivity index (χ3v) is 4.30. The number of thiazole rings is 1. The van der Waals surface area contributed by atoms with Crippen LogP contribution in [0.3, 0.4) is 0 Å². The molecule has 1 heterocycles. The molecule has 2 nitrogen and oxygen atoms in total. The molecule has 0 unspecified atom stereocenters. The van der Waals surface area contributed by atoms with Gasteiger partial charge in [0.05, 0.1) is 5.69 Å². The van der Waals surface area contributed by atoms with Gasteiger partial charge in [-0.05, 0) is 26.0 Å². The zero-order valence-corrected chi connectivity index (χ0v) is 12.4. The summed E-state index contributed by atoms with van der Waals surface area (Å²) in [6.07, 6.45) is 0. The highest BCUT2D eigenvalue weighted by Crippen LogP contribution is 2.33. The van der Waals surface area contributed by atoms with E-state index in [1.54, 1.807) is 11.3 Å². The molecule has 3 aromatic rings. The first-order valence-corrected chi connectivity index (χ1v) is 7.35. The van der Waals surface area contributed by atoms with Gasteiger partial charge in [0, 0.05) is 21.7 Å². The Morgan fingerprint density at radius 1 is 0.850 bits per heavy atom. The van der Waals surface area contributed by atoms with Crippen molar-refractivity contribution in [2.45, 2.75) is 13.8 Å². The molecular formula is C17H16N2S. The maximum absolute atomic E-state index is 5.74. The number of nitrogen functional groups attached to an aromatic ring is 1. The standard InChI is InChI=1S/C17H16N2S/c1-11-3-5-14(6-4-11)17-19-16(12(2)20-17)13-7-9-15(18)10-8-13/h3-10H,18H2,1-2H3. The Bertz CT molecular complexity index is 725. The van der Waals surface area contributed by atoms with Crippen LogP contribution in [0.25, 0.3) is 21.8 Å². The van der Waals surface area contributed by atoms with Gasteiger partial charge in [-0.2, -0.15) is 0 Å². The second-order valence-electron chi connectivity index (χ2n) is 4.91. The van der Waals surface area contributed by atoms with Crippen LogP contribution in [-0.2, 0) is 0 Å². The van der Waals surface area contributed by atoms with Gasteiger partial charge in [-0.15, -0.1) is 11.3 Å². The molecule has 0 saturated heterocycles. The van der Waals surface area contributed by atoms with E-state index in [-0.39, 0.29) is 0 Å². The van der Waals surface area contributed by atoms with Crippen molar-refractivity contribution in [3.63, 3.8) is 0 Å². The Morgan fingerprint density at radius 2 is 1.45 bits per heavy atom. The number of rotatable bonds is 2. The zero-order chi connectivity index (χ0) is 14.1. The Morgan fingerprint density at radius 3 is 2.10 bits per heavy atom. The summed E-state index contributed by atoms with van der Waals surface area (Å²) < 4.78 is 0. The van der Waals surface area contributed by atoms with E-state index in [1.165, 1.54) is 16.0 Å². The molecule has 0 atom stereocenters. The summed E-state index contributed by atoms with van der Waals surface area (Å²) in [6.45, 7) is 4.21. The minimum Gasteiger partial charge on any atom is -0.399 e. The summed E-state index contributed by atoms with van der Waals surface area (Å²) >= 11 is 1.73. The quantitative estimate of drug-likeness (QED) is 0.692. The molecule has 3 heteroatoms. The molecule has 0 aliphatic heterocycles. The SMILES string of the molecule is Cc1ccc(-c2nc(-c3ccc(N)cc3)c(C)s2)cc1. The molecule has 100 valence electrons. The molecule has 0 bridgehead atoms. The van der Waals surface area contributed by atoms with Crippen LogP contribution in [0, 0.1) is 13.8 Å². The predicted molar refractivity (Wildman–Crippen MR) is 86.9 cm³/mol. The van der Waals surface area contributed by atoms with Crippen molar-refractivity contribution in [3.8, 4) is 21.8 Å². The van der Waals surface area contributed by atoms with Crippen molar-refractivity contribution < 1.29 is 0 Å². The third-order valence-electron chi connectivity index (χ3n) is 3.28. The molecule has 20 heavy (non-hydrogen) atoms. The maximum atomic E-state index is 5.74. The van der Waals surface area contributed by atoms with E-state index in [4.69, 9.17) is 10.7 Å². The first kappa shape index (κ1) is 12.9. The summed E-state index contributed by atoms with van der Waals surface area (Å²) in [5.74, 6) is 0. The molecule has 0 aliphatic carbocycles. The Hall–Kier alpha value is -2.13. The van der Waals surface area contributed by atoms with Gasteiger partial charge in [-0.25, -0.2) is 4.98 Å². The van der Waals surface area contributed by atoms with Crippen LogP contribution in [-0.4, -0.2) is 4.98 Å². The van der Waals surface area contributed by atoms with Crippen molar-refractivity contribution in [3.05, 3.63) is 59.0 Å². The van der Waals surface area contributed by atoms with Crippen molar-refractivity contribution in [1.29, 1.82) is 0 Å². The van der Waals surface area contributed by atoms with Crippen molar-refractivity contribution in [1.82, 2.24) is 4.98 Å². The molecule has 1 aromatic heterocycles. The molecule has 0 amide bonds. The first-order chi connectivity index (χ1) is 9.63. The number of nitrogens with zero attached hydrogens (tertiary/aromatic N) is 1. The smallest absolute Gasteiger partial charge is 0.124 e. The van der Waals surface area contributed by atoms with Gasteiger partial charge < -0.3 is 5.73 Å². The van der Waals surface area contributed by atoms with E-state index in [9.17, 15) is 0 Å². The first-order valence-electron chi connectivity index (χ1n) is 6.54. The topological polar surface area (TPSA) is 38.9 Å². The van der Waals surface area contributed by atoms with Crippen LogP contribution in [0.4, 0.5) is 5.69 Å². The molecule has 3 rings (SSSR count). The summed E-state index contributed by atoms with van der Waals surface area (Å²) in [5, 5.41) is 1.06. The predicted octanol–water partition coefficient (Wildman–Crippen LogP) is 4.68. The number of anilines is 1. The summed E-state index contributed by atoms with van der Waals surface area (Å²) in [5.41, 5.74) is 11.1. The molecule has 2 aromatic carbocycles. The van der Waals surface area contributed by atoms with Crippen LogP contribution in [0.1, 0.15) is 10.4 Å². The number of hydrogen-bond acceptors (Lipinski definition) is 3. The van der Waals surface area contributed by atoms with Gasteiger partial charge in [0.25, 0.3) is 0 Å². The molecule has 0 fully saturated rings. The van der Waals surface area contributed by atoms with Crippen LogP contribution in [0.5, 0.6) is 0 Å². The summed E-state index contributed by atoms with van der Waals surface area (Å²) in [7, 11) is 0. The molecule has 0 radical (unpaired) electrons. The third kappa shape index (κ3) is 2.45. The number of benzene rings is 2. The maximum Gasteiger partial charge on any atom is 0.124 e. The summed E-state index contributed by atoms with van der Waals surface area (Å²) in [4.78, 5) is 6.01. The average Bonchev–Trinajstić information content (AvgIpc) is 2.82. The fraction of sp³-hybridized carbons (Fsp3) is 0.118. The molecule has 0 aliphatic rings. The van der Waals surface area contributed by atoms with E-state index in [0.29, 0.717) is 0 Å². The lowest BCUT2D eigenvalue weighted by Gasteiger charge is -1.99. The van der Waals surface area contributed by atoms with Crippen LogP contribution in [0.2, 0.25) is 0 Å². The highest BCUT2D eigenvalue weighted by molar-refractivity contribution is 7.15. The van der Waals surface area contributed by atoms with E-state index in [2.05, 4.69) is 38.1 Å². The lowest BCUT2D eigenvalue weighted by Crippen LogP contribution is -1.85. The van der Waals surface area contributed by atoms with Gasteiger partial charge in [0.1, 0.15) is 5.01 Å². The van der Waals surface area contributed by atoms with E-state index < -0.39 is 0 Å². The highest BCUT2D eigenvalue weighted by Gasteiger charge is 2.11. The molecular weight excluding hydrogens is 264 g/mol. The monoisotopic (exact) mass is 280 g/mol. The van der Waals surface area contributed by atoms with Gasteiger partial charge in [-0.3, -0.25) is 0 Å². The molecule has 0 saturated carbocycles. The minimum absolute atomic E-state index is 0.778. The zero-order valence-electron chi connectivity index (χ0n) is 11.6. The van der Waals surface area contributed by atoms with Gasteiger partial charge in [-0.1, -0.05) is 42.0 Å². The number of nitrogens with two attached hydrogens (primary N) is 1. The second-order valence-corrected chi connectivity index (χ2v) is 6.12. The van der Waals surface area contributed by atoms with E-state index >= 15 is 0 Å². The van der Waals surface area contributed by atoms with Crippen molar-refractivity contribution in [2.24, 2.45) is 0 Å². The van der Waals surface area contributed by atoms with Crippen molar-refractivity contribution in [2.75, 3.05) is 5.73 Å². The van der Waals surface area contributed by atoms with E-state index in [0.717, 1.165) is 22.0 Å². The second kappa shape index (κ2) is 5.10. The van der Waals surface area contributed by atoms with Gasteiger partial charge in [0.15, 0.2) is 0 Å². The number of hydrogen-bond donors (Lipinski definition) is 1. The fourth-order valence-corrected chi connectivity index (χ4v) is 3.07. The van der Waals surface area contributed by atoms with Gasteiger partial charge >= 0.3 is 0 Å².